The van der Waals surface area contributed by atoms with E-state index in [2.05, 4.69) is 5.32 Å². The Morgan fingerprint density at radius 3 is 2.60 bits per heavy atom. The minimum absolute atomic E-state index is 0.0199. The van der Waals surface area contributed by atoms with Crippen molar-refractivity contribution in [2.24, 2.45) is 5.73 Å². The molecule has 0 saturated heterocycles. The number of nitrogens with zero attached hydrogens (tertiary/aromatic N) is 1. The molecule has 20 heavy (non-hydrogen) atoms. The van der Waals surface area contributed by atoms with Crippen molar-refractivity contribution >= 4 is 32.9 Å². The Morgan fingerprint density at radius 1 is 1.45 bits per heavy atom. The van der Waals surface area contributed by atoms with Gasteiger partial charge in [-0.1, -0.05) is 12.2 Å². The molecule has 0 saturated carbocycles. The topological polar surface area (TPSA) is 84.7 Å². The zero-order valence-electron chi connectivity index (χ0n) is 11.7. The average Bonchev–Trinajstić information content (AvgIpc) is 2.37. The van der Waals surface area contributed by atoms with Crippen LogP contribution in [0.5, 0.6) is 5.75 Å². The Bertz CT molecular complexity index is 586. The predicted molar refractivity (Wildman–Crippen MR) is 84.8 cm³/mol. The molecule has 0 aliphatic heterocycles. The van der Waals surface area contributed by atoms with Crippen LogP contribution in [-0.4, -0.2) is 51.2 Å². The van der Waals surface area contributed by atoms with E-state index in [0.717, 1.165) is 0 Å². The van der Waals surface area contributed by atoms with Crippen LogP contribution >= 0.6 is 12.2 Å². The molecule has 0 heterocycles. The van der Waals surface area contributed by atoms with Gasteiger partial charge in [0.15, 0.2) is 0 Å². The molecule has 1 aromatic carbocycles. The van der Waals surface area contributed by atoms with E-state index in [4.69, 9.17) is 22.7 Å². The summed E-state index contributed by atoms with van der Waals surface area (Å²) in [4.78, 5) is 0.241. The molecule has 0 fully saturated rings. The van der Waals surface area contributed by atoms with Gasteiger partial charge in [-0.05, 0) is 12.1 Å². The van der Waals surface area contributed by atoms with Gasteiger partial charge >= 0.3 is 0 Å². The van der Waals surface area contributed by atoms with Gasteiger partial charge in [0, 0.05) is 38.0 Å². The van der Waals surface area contributed by atoms with Crippen LogP contribution in [0, 0.1) is 0 Å². The van der Waals surface area contributed by atoms with Crippen molar-refractivity contribution in [1.29, 1.82) is 0 Å². The molecule has 3 N–H and O–H groups in total. The number of nitrogens with two attached hydrogens (primary N) is 1. The number of anilines is 1. The summed E-state index contributed by atoms with van der Waals surface area (Å²) in [6.45, 7) is 0.253. The van der Waals surface area contributed by atoms with Crippen LogP contribution in [0.25, 0.3) is 0 Å². The van der Waals surface area contributed by atoms with Gasteiger partial charge in [-0.25, -0.2) is 12.7 Å². The number of thiocarbonyl (C=S) groups is 1. The van der Waals surface area contributed by atoms with Gasteiger partial charge in [-0.15, -0.1) is 0 Å². The van der Waals surface area contributed by atoms with Gasteiger partial charge in [0.2, 0.25) is 10.0 Å². The van der Waals surface area contributed by atoms with Crippen molar-refractivity contribution in [3.8, 4) is 5.75 Å². The molecule has 0 spiro atoms. The predicted octanol–water partition coefficient (Wildman–Crippen LogP) is 0.633. The van der Waals surface area contributed by atoms with Crippen LogP contribution < -0.4 is 15.8 Å². The quantitative estimate of drug-likeness (QED) is 0.718. The van der Waals surface area contributed by atoms with E-state index in [1.165, 1.54) is 18.4 Å². The van der Waals surface area contributed by atoms with E-state index in [1.54, 1.807) is 25.3 Å². The standard InChI is InChI=1S/C12H19N3O3S2/c1-15(2)20(16,17)7-6-14-11-8-9(18-3)4-5-10(11)12(13)19/h4-5,8,14H,6-7H2,1-3H3,(H2,13,19). The number of sulfonamides is 1. The Morgan fingerprint density at radius 2 is 2.10 bits per heavy atom. The molecule has 0 unspecified atom stereocenters. The summed E-state index contributed by atoms with van der Waals surface area (Å²) in [5, 5.41) is 3.03. The minimum atomic E-state index is -3.24. The molecule has 6 nitrogen and oxygen atoms in total. The van der Waals surface area contributed by atoms with Gasteiger partial charge in [0.25, 0.3) is 0 Å². The highest BCUT2D eigenvalue weighted by atomic mass is 32.2. The highest BCUT2D eigenvalue weighted by Gasteiger charge is 2.13. The molecule has 0 aromatic heterocycles. The number of nitrogens with one attached hydrogen (secondary N) is 1. The second-order valence-electron chi connectivity index (χ2n) is 4.30. The van der Waals surface area contributed by atoms with Crippen molar-refractivity contribution in [2.45, 2.75) is 0 Å². The molecule has 0 bridgehead atoms. The Kier molecular flexibility index (Phi) is 5.73. The summed E-state index contributed by atoms with van der Waals surface area (Å²) >= 11 is 4.96. The molecule has 0 aliphatic carbocycles. The first-order valence-electron chi connectivity index (χ1n) is 5.90. The second-order valence-corrected chi connectivity index (χ2v) is 7.04. The van der Waals surface area contributed by atoms with Crippen LogP contribution in [-0.2, 0) is 10.0 Å². The summed E-state index contributed by atoms with van der Waals surface area (Å²) in [6.07, 6.45) is 0. The molecule has 0 radical (unpaired) electrons. The van der Waals surface area contributed by atoms with E-state index >= 15 is 0 Å². The third-order valence-corrected chi connectivity index (χ3v) is 4.78. The fraction of sp³-hybridized carbons (Fsp3) is 0.417. The molecular weight excluding hydrogens is 298 g/mol. The maximum Gasteiger partial charge on any atom is 0.215 e. The Balaban J connectivity index is 2.84. The fourth-order valence-electron chi connectivity index (χ4n) is 1.51. The largest absolute Gasteiger partial charge is 0.497 e. The zero-order chi connectivity index (χ0) is 15.3. The number of hydrogen-bond donors (Lipinski definition) is 2. The Labute approximate surface area is 125 Å². The van der Waals surface area contributed by atoms with Crippen LogP contribution in [0.4, 0.5) is 5.69 Å². The van der Waals surface area contributed by atoms with Crippen LogP contribution in [0.2, 0.25) is 0 Å². The molecule has 112 valence electrons. The number of benzene rings is 1. The highest BCUT2D eigenvalue weighted by molar-refractivity contribution is 7.89. The minimum Gasteiger partial charge on any atom is -0.497 e. The number of rotatable bonds is 7. The normalized spacial score (nSPS) is 11.4. The van der Waals surface area contributed by atoms with Crippen LogP contribution in [0.15, 0.2) is 18.2 Å². The van der Waals surface area contributed by atoms with E-state index in [9.17, 15) is 8.42 Å². The molecule has 1 rings (SSSR count). The SMILES string of the molecule is COc1ccc(C(N)=S)c(NCCS(=O)(=O)N(C)C)c1. The Hall–Kier alpha value is -1.38. The highest BCUT2D eigenvalue weighted by Crippen LogP contribution is 2.22. The average molecular weight is 317 g/mol. The first-order chi connectivity index (χ1) is 9.27. The van der Waals surface area contributed by atoms with Crippen molar-refractivity contribution in [3.05, 3.63) is 23.8 Å². The van der Waals surface area contributed by atoms with Crippen molar-refractivity contribution in [1.82, 2.24) is 4.31 Å². The molecular formula is C12H19N3O3S2. The van der Waals surface area contributed by atoms with Gasteiger partial charge in [-0.3, -0.25) is 0 Å². The summed E-state index contributed by atoms with van der Waals surface area (Å²) in [6, 6.07) is 5.22. The number of methoxy groups -OCH3 is 1. The van der Waals surface area contributed by atoms with Crippen LogP contribution in [0.3, 0.4) is 0 Å². The fourth-order valence-corrected chi connectivity index (χ4v) is 2.41. The second kappa shape index (κ2) is 6.87. The van der Waals surface area contributed by atoms with Crippen molar-refractivity contribution < 1.29 is 13.2 Å². The lowest BCUT2D eigenvalue weighted by Crippen LogP contribution is -2.28. The summed E-state index contributed by atoms with van der Waals surface area (Å²) in [7, 11) is 1.31. The smallest absolute Gasteiger partial charge is 0.215 e. The molecule has 0 aliphatic rings. The molecule has 0 amide bonds. The number of hydrogen-bond acceptors (Lipinski definition) is 5. The maximum absolute atomic E-state index is 11.7. The van der Waals surface area contributed by atoms with Crippen molar-refractivity contribution in [3.63, 3.8) is 0 Å². The summed E-state index contributed by atoms with van der Waals surface area (Å²) in [5.74, 6) is 0.622. The first-order valence-corrected chi connectivity index (χ1v) is 7.91. The third-order valence-electron chi connectivity index (χ3n) is 2.72. The van der Waals surface area contributed by atoms with Gasteiger partial charge in [-0.2, -0.15) is 0 Å². The van der Waals surface area contributed by atoms with Gasteiger partial charge in [0.1, 0.15) is 10.7 Å². The van der Waals surface area contributed by atoms with E-state index in [-0.39, 0.29) is 17.3 Å². The lowest BCUT2D eigenvalue weighted by molar-refractivity contribution is 0.415. The third kappa shape index (κ3) is 4.32. The lowest BCUT2D eigenvalue weighted by atomic mass is 10.1. The molecule has 1 aromatic rings. The summed E-state index contributed by atoms with van der Waals surface area (Å²) in [5.41, 5.74) is 6.95. The van der Waals surface area contributed by atoms with Crippen LogP contribution in [0.1, 0.15) is 5.56 Å². The van der Waals surface area contributed by atoms with E-state index in [0.29, 0.717) is 17.0 Å². The van der Waals surface area contributed by atoms with Gasteiger partial charge in [0.05, 0.1) is 12.9 Å². The van der Waals surface area contributed by atoms with E-state index in [1.807, 2.05) is 0 Å². The van der Waals surface area contributed by atoms with Crippen molar-refractivity contribution in [2.75, 3.05) is 38.8 Å². The monoisotopic (exact) mass is 317 g/mol. The molecule has 8 heteroatoms. The first kappa shape index (κ1) is 16.7. The van der Waals surface area contributed by atoms with Gasteiger partial charge < -0.3 is 15.8 Å². The summed E-state index contributed by atoms with van der Waals surface area (Å²) < 4.78 is 29.7. The molecule has 0 atom stereocenters. The maximum atomic E-state index is 11.7. The van der Waals surface area contributed by atoms with E-state index < -0.39 is 10.0 Å². The number of ether oxygens (including phenoxy) is 1. The lowest BCUT2D eigenvalue weighted by Gasteiger charge is -2.15. The zero-order valence-corrected chi connectivity index (χ0v) is 13.3.